The van der Waals surface area contributed by atoms with Gasteiger partial charge in [0.2, 0.25) is 6.79 Å². The highest BCUT2D eigenvalue weighted by Crippen LogP contribution is 2.32. The number of amides is 1. The summed E-state index contributed by atoms with van der Waals surface area (Å²) in [6.45, 7) is 3.58. The van der Waals surface area contributed by atoms with Crippen LogP contribution in [0.5, 0.6) is 11.5 Å². The van der Waals surface area contributed by atoms with Crippen molar-refractivity contribution in [2.45, 2.75) is 19.9 Å². The van der Waals surface area contributed by atoms with E-state index >= 15 is 0 Å². The molecule has 1 aliphatic rings. The van der Waals surface area contributed by atoms with Gasteiger partial charge in [0.05, 0.1) is 0 Å². The summed E-state index contributed by atoms with van der Waals surface area (Å²) in [7, 11) is 0. The molecule has 1 amide bonds. The lowest BCUT2D eigenvalue weighted by Gasteiger charge is -2.07. The fourth-order valence-electron chi connectivity index (χ4n) is 1.73. The molecule has 0 spiro atoms. The molecular formula is C15H17NO5. The number of nitrogens with one attached hydrogen (secondary N) is 1. The summed E-state index contributed by atoms with van der Waals surface area (Å²) in [6.07, 6.45) is 2.85. The topological polar surface area (TPSA) is 73.9 Å². The number of hydrogen-bond acceptors (Lipinski definition) is 5. The van der Waals surface area contributed by atoms with Crippen LogP contribution < -0.4 is 14.8 Å². The normalized spacial score (nSPS) is 12.7. The molecule has 0 saturated heterocycles. The van der Waals surface area contributed by atoms with Crippen LogP contribution in [-0.4, -0.2) is 31.3 Å². The largest absolute Gasteiger partial charge is 0.454 e. The zero-order valence-corrected chi connectivity index (χ0v) is 11.9. The van der Waals surface area contributed by atoms with Gasteiger partial charge < -0.3 is 19.5 Å². The zero-order chi connectivity index (χ0) is 15.2. The number of hydrogen-bond donors (Lipinski definition) is 1. The lowest BCUT2D eigenvalue weighted by molar-refractivity contribution is -0.143. The number of carbonyl (C=O) groups is 2. The molecule has 1 aliphatic heterocycles. The summed E-state index contributed by atoms with van der Waals surface area (Å²) in [5, 5.41) is 2.63. The number of rotatable bonds is 5. The van der Waals surface area contributed by atoms with Crippen LogP contribution in [0.4, 0.5) is 0 Å². The molecule has 1 N–H and O–H groups in total. The Kier molecular flexibility index (Phi) is 4.81. The second-order valence-electron chi connectivity index (χ2n) is 4.78. The molecule has 0 atom stereocenters. The van der Waals surface area contributed by atoms with Crippen molar-refractivity contribution in [3.63, 3.8) is 0 Å². The number of ether oxygens (including phenoxy) is 3. The third kappa shape index (κ3) is 4.52. The summed E-state index contributed by atoms with van der Waals surface area (Å²) in [5.41, 5.74) is 0.780. The van der Waals surface area contributed by atoms with Crippen LogP contribution in [0.1, 0.15) is 19.4 Å². The lowest BCUT2D eigenvalue weighted by Crippen LogP contribution is -2.33. The second-order valence-corrected chi connectivity index (χ2v) is 4.78. The lowest BCUT2D eigenvalue weighted by atomic mass is 10.2. The quantitative estimate of drug-likeness (QED) is 0.657. The minimum absolute atomic E-state index is 0.0142. The average molecular weight is 291 g/mol. The van der Waals surface area contributed by atoms with Crippen molar-refractivity contribution in [2.75, 3.05) is 13.4 Å². The highest BCUT2D eigenvalue weighted by Gasteiger charge is 2.12. The summed E-state index contributed by atoms with van der Waals surface area (Å²) in [6, 6.07) is 5.34. The van der Waals surface area contributed by atoms with Crippen LogP contribution >= 0.6 is 0 Å². The Hall–Kier alpha value is -2.50. The Balaban J connectivity index is 1.83. The van der Waals surface area contributed by atoms with Gasteiger partial charge in [-0.2, -0.15) is 0 Å². The zero-order valence-electron chi connectivity index (χ0n) is 11.9. The van der Waals surface area contributed by atoms with E-state index in [0.29, 0.717) is 11.5 Å². The monoisotopic (exact) mass is 291 g/mol. The second kappa shape index (κ2) is 6.78. The summed E-state index contributed by atoms with van der Waals surface area (Å²) in [4.78, 5) is 22.8. The van der Waals surface area contributed by atoms with Gasteiger partial charge in [-0.3, -0.25) is 4.79 Å². The van der Waals surface area contributed by atoms with Crippen molar-refractivity contribution in [1.82, 2.24) is 5.32 Å². The maximum absolute atomic E-state index is 11.5. The van der Waals surface area contributed by atoms with Crippen LogP contribution in [0.3, 0.4) is 0 Å². The molecule has 1 aromatic rings. The first-order valence-corrected chi connectivity index (χ1v) is 6.58. The molecule has 1 heterocycles. The molecule has 6 heteroatoms. The standard InChI is InChI=1S/C15H17NO5/c1-10(2)16-14(17)8-19-15(18)6-4-11-3-5-12-13(7-11)21-9-20-12/h3-7,10H,8-9H2,1-2H3,(H,16,17)/b6-4+. The van der Waals surface area contributed by atoms with Gasteiger partial charge in [-0.1, -0.05) is 6.07 Å². The van der Waals surface area contributed by atoms with Crippen molar-refractivity contribution in [1.29, 1.82) is 0 Å². The Labute approximate surface area is 122 Å². The molecule has 6 nitrogen and oxygen atoms in total. The molecule has 112 valence electrons. The van der Waals surface area contributed by atoms with Crippen molar-refractivity contribution < 1.29 is 23.8 Å². The first-order chi connectivity index (χ1) is 10.0. The molecule has 0 aromatic heterocycles. The molecule has 0 unspecified atom stereocenters. The Morgan fingerprint density at radius 2 is 2.10 bits per heavy atom. The Bertz CT molecular complexity index is 565. The number of benzene rings is 1. The van der Waals surface area contributed by atoms with Crippen LogP contribution in [0, 0.1) is 0 Å². The summed E-state index contributed by atoms with van der Waals surface area (Å²) >= 11 is 0. The number of carbonyl (C=O) groups excluding carboxylic acids is 2. The molecular weight excluding hydrogens is 274 g/mol. The smallest absolute Gasteiger partial charge is 0.331 e. The van der Waals surface area contributed by atoms with E-state index in [1.165, 1.54) is 6.08 Å². The predicted molar refractivity (Wildman–Crippen MR) is 75.8 cm³/mol. The Morgan fingerprint density at radius 1 is 1.33 bits per heavy atom. The van der Waals surface area contributed by atoms with Crippen molar-refractivity contribution in [3.05, 3.63) is 29.8 Å². The Morgan fingerprint density at radius 3 is 2.86 bits per heavy atom. The SMILES string of the molecule is CC(C)NC(=O)COC(=O)/C=C/c1ccc2c(c1)OCO2. The van der Waals surface area contributed by atoms with Crippen LogP contribution in [0.15, 0.2) is 24.3 Å². The van der Waals surface area contributed by atoms with E-state index in [9.17, 15) is 9.59 Å². The fraction of sp³-hybridized carbons (Fsp3) is 0.333. The first-order valence-electron chi connectivity index (χ1n) is 6.58. The first kappa shape index (κ1) is 14.9. The molecule has 2 rings (SSSR count). The third-order valence-electron chi connectivity index (χ3n) is 2.60. The summed E-state index contributed by atoms with van der Waals surface area (Å²) in [5.74, 6) is 0.420. The van der Waals surface area contributed by atoms with Gasteiger partial charge in [0.25, 0.3) is 5.91 Å². The summed E-state index contributed by atoms with van der Waals surface area (Å²) < 4.78 is 15.3. The minimum atomic E-state index is -0.577. The molecule has 0 radical (unpaired) electrons. The number of fused-ring (bicyclic) bond motifs is 1. The average Bonchev–Trinajstić information content (AvgIpc) is 2.89. The van der Waals surface area contributed by atoms with Gasteiger partial charge in [-0.15, -0.1) is 0 Å². The van der Waals surface area contributed by atoms with E-state index in [-0.39, 0.29) is 25.3 Å². The minimum Gasteiger partial charge on any atom is -0.454 e. The highest BCUT2D eigenvalue weighted by atomic mass is 16.7. The van der Waals surface area contributed by atoms with Crippen molar-refractivity contribution in [3.8, 4) is 11.5 Å². The van der Waals surface area contributed by atoms with E-state index in [2.05, 4.69) is 5.32 Å². The molecule has 21 heavy (non-hydrogen) atoms. The third-order valence-corrected chi connectivity index (χ3v) is 2.60. The van der Waals surface area contributed by atoms with Crippen LogP contribution in [0.25, 0.3) is 6.08 Å². The predicted octanol–water partition coefficient (Wildman–Crippen LogP) is 1.50. The van der Waals surface area contributed by atoms with Gasteiger partial charge in [0, 0.05) is 12.1 Å². The van der Waals surface area contributed by atoms with Gasteiger partial charge in [-0.25, -0.2) is 4.79 Å². The van der Waals surface area contributed by atoms with Crippen molar-refractivity contribution in [2.24, 2.45) is 0 Å². The molecule has 0 aliphatic carbocycles. The molecule has 0 fully saturated rings. The molecule has 1 aromatic carbocycles. The maximum atomic E-state index is 11.5. The van der Waals surface area contributed by atoms with Gasteiger partial charge in [0.15, 0.2) is 18.1 Å². The van der Waals surface area contributed by atoms with E-state index in [4.69, 9.17) is 14.2 Å². The van der Waals surface area contributed by atoms with Gasteiger partial charge in [-0.05, 0) is 37.6 Å². The maximum Gasteiger partial charge on any atom is 0.331 e. The van der Waals surface area contributed by atoms with Gasteiger partial charge >= 0.3 is 5.97 Å². The van der Waals surface area contributed by atoms with E-state index in [1.54, 1.807) is 24.3 Å². The van der Waals surface area contributed by atoms with E-state index < -0.39 is 5.97 Å². The molecule has 0 saturated carbocycles. The van der Waals surface area contributed by atoms with E-state index in [0.717, 1.165) is 5.56 Å². The fourth-order valence-corrected chi connectivity index (χ4v) is 1.73. The molecule has 0 bridgehead atoms. The van der Waals surface area contributed by atoms with Crippen LogP contribution in [-0.2, 0) is 14.3 Å². The highest BCUT2D eigenvalue weighted by molar-refractivity contribution is 5.89. The number of esters is 1. The van der Waals surface area contributed by atoms with E-state index in [1.807, 2.05) is 13.8 Å². The van der Waals surface area contributed by atoms with Gasteiger partial charge in [0.1, 0.15) is 0 Å². The van der Waals surface area contributed by atoms with Crippen molar-refractivity contribution >= 4 is 18.0 Å². The van der Waals surface area contributed by atoms with Crippen LogP contribution in [0.2, 0.25) is 0 Å².